The van der Waals surface area contributed by atoms with E-state index in [2.05, 4.69) is 15.7 Å². The van der Waals surface area contributed by atoms with Crippen LogP contribution in [0.25, 0.3) is 0 Å². The molecule has 2 N–H and O–H groups in total. The minimum absolute atomic E-state index is 0.0894. The van der Waals surface area contributed by atoms with Crippen LogP contribution in [0.5, 0.6) is 0 Å². The number of hydrogen-bond acceptors (Lipinski definition) is 5. The Balaban J connectivity index is 2.82. The van der Waals surface area contributed by atoms with Gasteiger partial charge in [0.05, 0.1) is 4.92 Å². The first-order chi connectivity index (χ1) is 8.11. The molecule has 0 radical (unpaired) electrons. The molecule has 0 atom stereocenters. The molecule has 0 aliphatic heterocycles. The van der Waals surface area contributed by atoms with Crippen LogP contribution in [0.2, 0.25) is 0 Å². The first-order valence-corrected chi connectivity index (χ1v) is 5.76. The predicted octanol–water partition coefficient (Wildman–Crippen LogP) is 0.912. The number of nitrogens with zero attached hydrogens (tertiary/aromatic N) is 3. The number of aryl methyl sites for hydroxylation is 2. The van der Waals surface area contributed by atoms with Crippen molar-refractivity contribution in [2.45, 2.75) is 20.3 Å². The highest BCUT2D eigenvalue weighted by Gasteiger charge is 2.24. The Morgan fingerprint density at radius 2 is 2.12 bits per heavy atom. The fraction of sp³-hybridized carbons (Fsp3) is 0.700. The van der Waals surface area contributed by atoms with Crippen molar-refractivity contribution in [3.63, 3.8) is 0 Å². The molecule has 0 spiro atoms. The molecule has 0 saturated carbocycles. The van der Waals surface area contributed by atoms with Gasteiger partial charge in [0.2, 0.25) is 5.82 Å². The summed E-state index contributed by atoms with van der Waals surface area (Å²) in [5.41, 5.74) is 0.606. The van der Waals surface area contributed by atoms with Crippen LogP contribution in [0.3, 0.4) is 0 Å². The van der Waals surface area contributed by atoms with Crippen LogP contribution in [0.15, 0.2) is 0 Å². The minimum atomic E-state index is -0.374. The van der Waals surface area contributed by atoms with E-state index in [4.69, 9.17) is 0 Å². The quantitative estimate of drug-likeness (QED) is 0.421. The molecule has 7 nitrogen and oxygen atoms in total. The van der Waals surface area contributed by atoms with Crippen molar-refractivity contribution in [3.8, 4) is 0 Å². The average Bonchev–Trinajstić information content (AvgIpc) is 2.61. The first-order valence-electron chi connectivity index (χ1n) is 5.76. The molecule has 0 aliphatic carbocycles. The maximum atomic E-state index is 11.0. The topological polar surface area (TPSA) is 85.0 Å². The van der Waals surface area contributed by atoms with Gasteiger partial charge in [-0.3, -0.25) is 10.1 Å². The Bertz CT molecular complexity index is 388. The summed E-state index contributed by atoms with van der Waals surface area (Å²) >= 11 is 0. The van der Waals surface area contributed by atoms with Gasteiger partial charge in [-0.2, -0.15) is 5.10 Å². The molecule has 96 valence electrons. The zero-order chi connectivity index (χ0) is 12.8. The molecule has 0 aromatic carbocycles. The lowest BCUT2D eigenvalue weighted by Gasteiger charge is -2.06. The summed E-state index contributed by atoms with van der Waals surface area (Å²) in [7, 11) is 1.71. The monoisotopic (exact) mass is 241 g/mol. The summed E-state index contributed by atoms with van der Waals surface area (Å²) in [6, 6.07) is 0. The number of anilines is 1. The number of nitro groups is 1. The predicted molar refractivity (Wildman–Crippen MR) is 66.3 cm³/mol. The number of likely N-dealkylation sites (N-methyl/N-ethyl adjacent to an activating group) is 1. The van der Waals surface area contributed by atoms with E-state index in [0.717, 1.165) is 13.1 Å². The maximum absolute atomic E-state index is 11.0. The van der Waals surface area contributed by atoms with Gasteiger partial charge in [0.15, 0.2) is 0 Å². The Morgan fingerprint density at radius 1 is 1.41 bits per heavy atom. The molecule has 0 amide bonds. The largest absolute Gasteiger partial charge is 0.363 e. The number of rotatable bonds is 7. The van der Waals surface area contributed by atoms with Crippen molar-refractivity contribution in [1.82, 2.24) is 15.1 Å². The number of hydrogen-bond donors (Lipinski definition) is 2. The molecule has 0 saturated heterocycles. The van der Waals surface area contributed by atoms with Gasteiger partial charge in [0, 0.05) is 20.1 Å². The van der Waals surface area contributed by atoms with E-state index < -0.39 is 0 Å². The van der Waals surface area contributed by atoms with Gasteiger partial charge in [-0.15, -0.1) is 0 Å². The van der Waals surface area contributed by atoms with E-state index in [-0.39, 0.29) is 10.6 Å². The molecule has 0 fully saturated rings. The summed E-state index contributed by atoms with van der Waals surface area (Å²) in [6.45, 7) is 6.16. The Labute approximate surface area is 100 Å². The van der Waals surface area contributed by atoms with E-state index in [1.807, 2.05) is 13.8 Å². The summed E-state index contributed by atoms with van der Waals surface area (Å²) in [4.78, 5) is 10.6. The van der Waals surface area contributed by atoms with Gasteiger partial charge in [-0.05, 0) is 13.0 Å². The first kappa shape index (κ1) is 13.4. The Hall–Kier alpha value is -1.63. The fourth-order valence-corrected chi connectivity index (χ4v) is 1.64. The lowest BCUT2D eigenvalue weighted by atomic mass is 10.3. The third-order valence-corrected chi connectivity index (χ3v) is 2.45. The molecule has 1 rings (SSSR count). The molecular formula is C10H19N5O2. The number of nitrogens with one attached hydrogen (secondary N) is 2. The normalized spacial score (nSPS) is 10.5. The Morgan fingerprint density at radius 3 is 2.65 bits per heavy atom. The second-order valence-electron chi connectivity index (χ2n) is 3.66. The van der Waals surface area contributed by atoms with Crippen LogP contribution in [-0.4, -0.2) is 34.3 Å². The van der Waals surface area contributed by atoms with E-state index in [1.165, 1.54) is 4.68 Å². The minimum Gasteiger partial charge on any atom is -0.363 e. The summed E-state index contributed by atoms with van der Waals surface area (Å²) < 4.78 is 1.53. The van der Waals surface area contributed by atoms with E-state index in [9.17, 15) is 10.1 Å². The van der Waals surface area contributed by atoms with Crippen molar-refractivity contribution >= 4 is 11.5 Å². The van der Waals surface area contributed by atoms with Crippen molar-refractivity contribution in [2.75, 3.05) is 25.0 Å². The summed E-state index contributed by atoms with van der Waals surface area (Å²) in [6.07, 6.45) is 0.555. The highest BCUT2D eigenvalue weighted by atomic mass is 16.6. The molecule has 1 aromatic rings. The van der Waals surface area contributed by atoms with E-state index in [0.29, 0.717) is 24.5 Å². The van der Waals surface area contributed by atoms with Gasteiger partial charge >= 0.3 is 5.69 Å². The van der Waals surface area contributed by atoms with Crippen molar-refractivity contribution in [1.29, 1.82) is 0 Å². The van der Waals surface area contributed by atoms with Crippen LogP contribution in [0.1, 0.15) is 19.5 Å². The molecular weight excluding hydrogens is 222 g/mol. The third-order valence-electron chi connectivity index (χ3n) is 2.45. The highest BCUT2D eigenvalue weighted by molar-refractivity contribution is 5.59. The van der Waals surface area contributed by atoms with Gasteiger partial charge in [0.25, 0.3) is 0 Å². The standard InChI is InChI=1S/C10H19N5O2/c1-4-8-9(15(16)17)10(14(3)13-8)12-7-6-11-5-2/h11-12H,4-7H2,1-3H3. The van der Waals surface area contributed by atoms with Crippen LogP contribution in [0.4, 0.5) is 11.5 Å². The second-order valence-corrected chi connectivity index (χ2v) is 3.66. The van der Waals surface area contributed by atoms with Crippen molar-refractivity contribution < 1.29 is 4.92 Å². The van der Waals surface area contributed by atoms with Gasteiger partial charge in [0.1, 0.15) is 5.69 Å². The SMILES string of the molecule is CCNCCNc1c([N+](=O)[O-])c(CC)nn1C. The van der Waals surface area contributed by atoms with Crippen molar-refractivity contribution in [3.05, 3.63) is 15.8 Å². The molecule has 1 heterocycles. The van der Waals surface area contributed by atoms with Gasteiger partial charge in [-0.25, -0.2) is 4.68 Å². The molecule has 0 unspecified atom stereocenters. The molecule has 1 aromatic heterocycles. The van der Waals surface area contributed by atoms with Gasteiger partial charge < -0.3 is 10.6 Å². The highest BCUT2D eigenvalue weighted by Crippen LogP contribution is 2.27. The smallest absolute Gasteiger partial charge is 0.333 e. The lowest BCUT2D eigenvalue weighted by Crippen LogP contribution is -2.22. The van der Waals surface area contributed by atoms with E-state index in [1.54, 1.807) is 7.05 Å². The molecule has 7 heteroatoms. The molecule has 17 heavy (non-hydrogen) atoms. The fourth-order valence-electron chi connectivity index (χ4n) is 1.64. The zero-order valence-corrected chi connectivity index (χ0v) is 10.5. The third kappa shape index (κ3) is 3.16. The van der Waals surface area contributed by atoms with Crippen LogP contribution >= 0.6 is 0 Å². The van der Waals surface area contributed by atoms with Crippen LogP contribution in [0, 0.1) is 10.1 Å². The Kier molecular flexibility index (Phi) is 4.89. The van der Waals surface area contributed by atoms with E-state index >= 15 is 0 Å². The molecule has 0 aliphatic rings. The van der Waals surface area contributed by atoms with Crippen molar-refractivity contribution in [2.24, 2.45) is 7.05 Å². The van der Waals surface area contributed by atoms with Crippen LogP contribution < -0.4 is 10.6 Å². The van der Waals surface area contributed by atoms with Gasteiger partial charge in [-0.1, -0.05) is 13.8 Å². The maximum Gasteiger partial charge on any atom is 0.333 e. The van der Waals surface area contributed by atoms with Crippen LogP contribution in [-0.2, 0) is 13.5 Å². The summed E-state index contributed by atoms with van der Waals surface area (Å²) in [5, 5.41) is 21.3. The summed E-state index contributed by atoms with van der Waals surface area (Å²) in [5.74, 6) is 0.477. The second kappa shape index (κ2) is 6.19. The lowest BCUT2D eigenvalue weighted by molar-refractivity contribution is -0.384. The average molecular weight is 241 g/mol. The zero-order valence-electron chi connectivity index (χ0n) is 10.5. The molecule has 0 bridgehead atoms. The number of aromatic nitrogens is 2.